The minimum atomic E-state index is -0.438. The number of nitrogens with zero attached hydrogens (tertiary/aromatic N) is 4. The van der Waals surface area contributed by atoms with Crippen molar-refractivity contribution in [1.29, 1.82) is 0 Å². The molecule has 4 rings (SSSR count). The number of fused-ring (bicyclic) bond motifs is 1. The molecule has 0 saturated carbocycles. The number of aromatic hydroxyl groups is 1. The molecule has 1 aromatic heterocycles. The summed E-state index contributed by atoms with van der Waals surface area (Å²) in [7, 11) is 0. The first-order chi connectivity index (χ1) is 14.5. The fourth-order valence-corrected chi connectivity index (χ4v) is 3.83. The zero-order valence-electron chi connectivity index (χ0n) is 16.8. The van der Waals surface area contributed by atoms with Crippen molar-refractivity contribution in [2.75, 3.05) is 38.0 Å². The van der Waals surface area contributed by atoms with E-state index < -0.39 is 5.91 Å². The second kappa shape index (κ2) is 8.95. The lowest BCUT2D eigenvalue weighted by Gasteiger charge is -2.34. The van der Waals surface area contributed by atoms with Crippen LogP contribution in [0.3, 0.4) is 0 Å². The molecule has 0 bridgehead atoms. The highest BCUT2D eigenvalue weighted by Gasteiger charge is 2.19. The zero-order chi connectivity index (χ0) is 21.1. The summed E-state index contributed by atoms with van der Waals surface area (Å²) in [6.45, 7) is 7.79. The van der Waals surface area contributed by atoms with Gasteiger partial charge in [-0.15, -0.1) is 0 Å². The van der Waals surface area contributed by atoms with Gasteiger partial charge in [0, 0.05) is 44.0 Å². The number of hydrogen-bond donors (Lipinski definition) is 2. The summed E-state index contributed by atoms with van der Waals surface area (Å²) in [5, 5.41) is 13.2. The highest BCUT2D eigenvalue weighted by atomic mass is 35.5. The average molecular weight is 426 g/mol. The molecule has 8 heteroatoms. The third-order valence-corrected chi connectivity index (χ3v) is 5.65. The normalized spacial score (nSPS) is 15.4. The largest absolute Gasteiger partial charge is 0.508 e. The van der Waals surface area contributed by atoms with E-state index in [0.29, 0.717) is 23.3 Å². The maximum absolute atomic E-state index is 12.8. The quantitative estimate of drug-likeness (QED) is 0.610. The number of benzene rings is 2. The minimum absolute atomic E-state index is 0.0546. The molecule has 0 radical (unpaired) electrons. The predicted octanol–water partition coefficient (Wildman–Crippen LogP) is 3.38. The first kappa shape index (κ1) is 20.5. The van der Waals surface area contributed by atoms with Gasteiger partial charge in [-0.1, -0.05) is 30.7 Å². The smallest absolute Gasteiger partial charge is 0.277 e. The number of nitrogens with one attached hydrogen (secondary N) is 1. The van der Waals surface area contributed by atoms with Crippen LogP contribution in [0.5, 0.6) is 5.75 Å². The van der Waals surface area contributed by atoms with Crippen molar-refractivity contribution in [2.45, 2.75) is 13.5 Å². The number of amides is 1. The van der Waals surface area contributed by atoms with Gasteiger partial charge in [-0.2, -0.15) is 0 Å². The molecule has 0 atom stereocenters. The van der Waals surface area contributed by atoms with E-state index in [9.17, 15) is 9.90 Å². The Bertz CT molecular complexity index is 1070. The Morgan fingerprint density at radius 3 is 2.43 bits per heavy atom. The van der Waals surface area contributed by atoms with Crippen LogP contribution in [0.2, 0.25) is 5.15 Å². The summed E-state index contributed by atoms with van der Waals surface area (Å²) in [6.07, 6.45) is 0. The van der Waals surface area contributed by atoms with E-state index in [1.54, 1.807) is 30.3 Å². The van der Waals surface area contributed by atoms with Crippen molar-refractivity contribution in [3.63, 3.8) is 0 Å². The SMILES string of the molecule is CCN1CCN(Cc2cc(NC(=O)c3nc4ccccc4nc3Cl)ccc2O)CC1. The van der Waals surface area contributed by atoms with Gasteiger partial charge in [0.25, 0.3) is 5.91 Å². The van der Waals surface area contributed by atoms with E-state index in [4.69, 9.17) is 11.6 Å². The zero-order valence-corrected chi connectivity index (χ0v) is 17.6. The fourth-order valence-electron chi connectivity index (χ4n) is 3.61. The maximum Gasteiger partial charge on any atom is 0.277 e. The molecule has 1 aliphatic heterocycles. The van der Waals surface area contributed by atoms with Gasteiger partial charge >= 0.3 is 0 Å². The second-order valence-corrected chi connectivity index (χ2v) is 7.72. The Hall–Kier alpha value is -2.74. The molecule has 0 spiro atoms. The molecule has 156 valence electrons. The van der Waals surface area contributed by atoms with Crippen molar-refractivity contribution in [2.24, 2.45) is 0 Å². The molecule has 30 heavy (non-hydrogen) atoms. The standard InChI is InChI=1S/C22H24ClN5O2/c1-2-27-9-11-28(12-10-27)14-15-13-16(7-8-19(15)29)24-22(30)20-21(23)26-18-6-4-3-5-17(18)25-20/h3-8,13,29H,2,9-12,14H2,1H3,(H,24,30). The average Bonchev–Trinajstić information content (AvgIpc) is 2.76. The molecule has 0 aliphatic carbocycles. The van der Waals surface area contributed by atoms with E-state index in [2.05, 4.69) is 32.0 Å². The number of carbonyl (C=O) groups excluding carboxylic acids is 1. The van der Waals surface area contributed by atoms with Gasteiger partial charge in [0.2, 0.25) is 0 Å². The number of rotatable bonds is 5. The lowest BCUT2D eigenvalue weighted by molar-refractivity contribution is 0.102. The van der Waals surface area contributed by atoms with Crippen LogP contribution in [0.15, 0.2) is 42.5 Å². The molecule has 0 unspecified atom stereocenters. The number of piperazine rings is 1. The Labute approximate surface area is 180 Å². The predicted molar refractivity (Wildman–Crippen MR) is 118 cm³/mol. The van der Waals surface area contributed by atoms with Crippen LogP contribution in [0.25, 0.3) is 11.0 Å². The number of aromatic nitrogens is 2. The highest BCUT2D eigenvalue weighted by molar-refractivity contribution is 6.33. The lowest BCUT2D eigenvalue weighted by atomic mass is 10.1. The number of phenols is 1. The van der Waals surface area contributed by atoms with Gasteiger partial charge in [0.05, 0.1) is 11.0 Å². The molecule has 1 aliphatic rings. The molecule has 2 aromatic carbocycles. The van der Waals surface area contributed by atoms with Gasteiger partial charge < -0.3 is 15.3 Å². The molecule has 2 N–H and O–H groups in total. The van der Waals surface area contributed by atoms with Gasteiger partial charge in [0.15, 0.2) is 10.8 Å². The number of halogens is 1. The Morgan fingerprint density at radius 1 is 1.07 bits per heavy atom. The summed E-state index contributed by atoms with van der Waals surface area (Å²) >= 11 is 6.19. The molecule has 7 nitrogen and oxygen atoms in total. The number of phenolic OH excluding ortho intramolecular Hbond substituents is 1. The third kappa shape index (κ3) is 4.53. The van der Waals surface area contributed by atoms with Crippen molar-refractivity contribution < 1.29 is 9.90 Å². The van der Waals surface area contributed by atoms with Crippen LogP contribution in [0.1, 0.15) is 23.0 Å². The molecule has 1 fully saturated rings. The third-order valence-electron chi connectivity index (χ3n) is 5.39. The molecule has 3 aromatic rings. The Morgan fingerprint density at radius 2 is 1.73 bits per heavy atom. The van der Waals surface area contributed by atoms with E-state index in [0.717, 1.165) is 38.3 Å². The summed E-state index contributed by atoms with van der Waals surface area (Å²) in [5.41, 5.74) is 2.65. The number of hydrogen-bond acceptors (Lipinski definition) is 6. The van der Waals surface area contributed by atoms with Gasteiger partial charge in [-0.3, -0.25) is 9.69 Å². The monoisotopic (exact) mass is 425 g/mol. The van der Waals surface area contributed by atoms with Crippen molar-refractivity contribution in [3.05, 3.63) is 58.9 Å². The first-order valence-corrected chi connectivity index (χ1v) is 10.4. The van der Waals surface area contributed by atoms with Crippen molar-refractivity contribution in [3.8, 4) is 5.75 Å². The fraction of sp³-hybridized carbons (Fsp3) is 0.318. The van der Waals surface area contributed by atoms with Gasteiger partial charge in [-0.05, 0) is 36.9 Å². The summed E-state index contributed by atoms with van der Waals surface area (Å²) < 4.78 is 0. The lowest BCUT2D eigenvalue weighted by Crippen LogP contribution is -2.45. The summed E-state index contributed by atoms with van der Waals surface area (Å²) in [4.78, 5) is 26.1. The van der Waals surface area contributed by atoms with Crippen LogP contribution in [0, 0.1) is 0 Å². The van der Waals surface area contributed by atoms with E-state index in [1.807, 2.05) is 12.1 Å². The van der Waals surface area contributed by atoms with Crippen LogP contribution in [0.4, 0.5) is 5.69 Å². The van der Waals surface area contributed by atoms with Crippen LogP contribution < -0.4 is 5.32 Å². The Kier molecular flexibility index (Phi) is 6.13. The molecule has 1 saturated heterocycles. The van der Waals surface area contributed by atoms with Gasteiger partial charge in [0.1, 0.15) is 5.75 Å². The van der Waals surface area contributed by atoms with E-state index in [-0.39, 0.29) is 16.6 Å². The number of carbonyl (C=O) groups is 1. The van der Waals surface area contributed by atoms with Crippen LogP contribution in [-0.4, -0.2) is 63.5 Å². The number of para-hydroxylation sites is 2. The van der Waals surface area contributed by atoms with Gasteiger partial charge in [-0.25, -0.2) is 9.97 Å². The maximum atomic E-state index is 12.8. The van der Waals surface area contributed by atoms with E-state index in [1.165, 1.54) is 0 Å². The first-order valence-electron chi connectivity index (χ1n) is 10.0. The van der Waals surface area contributed by atoms with Crippen molar-refractivity contribution >= 4 is 34.2 Å². The topological polar surface area (TPSA) is 81.6 Å². The Balaban J connectivity index is 1.49. The number of likely N-dealkylation sites (N-methyl/N-ethyl adjacent to an activating group) is 1. The van der Waals surface area contributed by atoms with Crippen LogP contribution >= 0.6 is 11.6 Å². The molecular formula is C22H24ClN5O2. The second-order valence-electron chi connectivity index (χ2n) is 7.36. The minimum Gasteiger partial charge on any atom is -0.508 e. The van der Waals surface area contributed by atoms with E-state index >= 15 is 0 Å². The highest BCUT2D eigenvalue weighted by Crippen LogP contribution is 2.25. The number of anilines is 1. The molecular weight excluding hydrogens is 402 g/mol. The summed E-state index contributed by atoms with van der Waals surface area (Å²) in [5.74, 6) is -0.221. The summed E-state index contributed by atoms with van der Waals surface area (Å²) in [6, 6.07) is 12.3. The molecule has 1 amide bonds. The van der Waals surface area contributed by atoms with Crippen molar-refractivity contribution in [1.82, 2.24) is 19.8 Å². The molecule has 2 heterocycles. The van der Waals surface area contributed by atoms with Crippen LogP contribution in [-0.2, 0) is 6.54 Å².